The summed E-state index contributed by atoms with van der Waals surface area (Å²) < 4.78 is 0. The molecule has 0 saturated heterocycles. The molecule has 1 fully saturated rings. The van der Waals surface area contributed by atoms with Crippen LogP contribution in [0.2, 0.25) is 0 Å². The molecule has 0 bridgehead atoms. The van der Waals surface area contributed by atoms with E-state index in [-0.39, 0.29) is 11.4 Å². The lowest BCUT2D eigenvalue weighted by atomic mass is 9.80. The third kappa shape index (κ3) is 3.37. The molecule has 0 unspecified atom stereocenters. The largest absolute Gasteiger partial charge is 0.325 e. The van der Waals surface area contributed by atoms with Gasteiger partial charge in [-0.2, -0.15) is 5.26 Å². The SMILES string of the molecule is Cc1cccc(NC(=O)CC2(N)CCCCC2)c1C#N. The number of nitriles is 1. The molecule has 20 heavy (non-hydrogen) atoms. The van der Waals surface area contributed by atoms with Gasteiger partial charge >= 0.3 is 0 Å². The molecule has 0 aliphatic heterocycles. The van der Waals surface area contributed by atoms with Crippen molar-refractivity contribution in [1.29, 1.82) is 5.26 Å². The Morgan fingerprint density at radius 1 is 1.40 bits per heavy atom. The molecule has 1 saturated carbocycles. The van der Waals surface area contributed by atoms with E-state index in [1.165, 1.54) is 6.42 Å². The Labute approximate surface area is 120 Å². The predicted molar refractivity (Wildman–Crippen MR) is 79.1 cm³/mol. The first-order valence-electron chi connectivity index (χ1n) is 7.12. The van der Waals surface area contributed by atoms with Gasteiger partial charge in [-0.15, -0.1) is 0 Å². The second-order valence-electron chi connectivity index (χ2n) is 5.76. The van der Waals surface area contributed by atoms with Crippen molar-refractivity contribution in [2.24, 2.45) is 5.73 Å². The number of nitrogens with one attached hydrogen (secondary N) is 1. The van der Waals surface area contributed by atoms with Crippen molar-refractivity contribution in [3.05, 3.63) is 29.3 Å². The Morgan fingerprint density at radius 2 is 2.10 bits per heavy atom. The van der Waals surface area contributed by atoms with E-state index in [9.17, 15) is 4.79 Å². The fourth-order valence-corrected chi connectivity index (χ4v) is 2.87. The molecule has 2 rings (SSSR count). The number of aryl methyl sites for hydroxylation is 1. The van der Waals surface area contributed by atoms with E-state index < -0.39 is 0 Å². The molecule has 0 heterocycles. The number of carbonyl (C=O) groups is 1. The Balaban J connectivity index is 2.05. The zero-order chi connectivity index (χ0) is 14.6. The first-order valence-corrected chi connectivity index (χ1v) is 7.12. The number of amides is 1. The zero-order valence-electron chi connectivity index (χ0n) is 11.9. The van der Waals surface area contributed by atoms with Crippen molar-refractivity contribution in [2.75, 3.05) is 5.32 Å². The number of nitrogens with two attached hydrogens (primary N) is 1. The lowest BCUT2D eigenvalue weighted by Gasteiger charge is -2.32. The summed E-state index contributed by atoms with van der Waals surface area (Å²) in [5.74, 6) is -0.100. The van der Waals surface area contributed by atoms with Crippen molar-refractivity contribution in [2.45, 2.75) is 51.0 Å². The van der Waals surface area contributed by atoms with Crippen LogP contribution in [0, 0.1) is 18.3 Å². The lowest BCUT2D eigenvalue weighted by molar-refractivity contribution is -0.117. The second kappa shape index (κ2) is 6.06. The molecule has 0 aromatic heterocycles. The molecule has 1 aromatic carbocycles. The molecule has 3 N–H and O–H groups in total. The minimum Gasteiger partial charge on any atom is -0.325 e. The van der Waals surface area contributed by atoms with Crippen LogP contribution in [-0.4, -0.2) is 11.4 Å². The molecule has 4 heteroatoms. The third-order valence-corrected chi connectivity index (χ3v) is 4.02. The first-order chi connectivity index (χ1) is 9.54. The zero-order valence-corrected chi connectivity index (χ0v) is 11.9. The highest BCUT2D eigenvalue weighted by molar-refractivity contribution is 5.93. The first kappa shape index (κ1) is 14.5. The average molecular weight is 271 g/mol. The monoisotopic (exact) mass is 271 g/mol. The van der Waals surface area contributed by atoms with Gasteiger partial charge in [0.25, 0.3) is 0 Å². The molecule has 1 aliphatic rings. The molecule has 0 radical (unpaired) electrons. The summed E-state index contributed by atoms with van der Waals surface area (Å²) >= 11 is 0. The summed E-state index contributed by atoms with van der Waals surface area (Å²) in [6.07, 6.45) is 5.52. The second-order valence-corrected chi connectivity index (χ2v) is 5.76. The van der Waals surface area contributed by atoms with Crippen LogP contribution in [0.5, 0.6) is 0 Å². The number of rotatable bonds is 3. The Morgan fingerprint density at radius 3 is 2.75 bits per heavy atom. The number of nitrogens with zero attached hydrogens (tertiary/aromatic N) is 1. The summed E-state index contributed by atoms with van der Waals surface area (Å²) in [4.78, 5) is 12.2. The van der Waals surface area contributed by atoms with Gasteiger partial charge in [0.15, 0.2) is 0 Å². The van der Waals surface area contributed by atoms with E-state index in [1.807, 2.05) is 19.1 Å². The molecule has 1 amide bonds. The van der Waals surface area contributed by atoms with Gasteiger partial charge in [-0.1, -0.05) is 31.4 Å². The molecular formula is C16H21N3O. The van der Waals surface area contributed by atoms with Crippen LogP contribution in [-0.2, 0) is 4.79 Å². The molecule has 106 valence electrons. The van der Waals surface area contributed by atoms with Gasteiger partial charge < -0.3 is 11.1 Å². The van der Waals surface area contributed by atoms with Gasteiger partial charge in [-0.3, -0.25) is 4.79 Å². The van der Waals surface area contributed by atoms with E-state index in [0.29, 0.717) is 17.7 Å². The molecule has 0 atom stereocenters. The van der Waals surface area contributed by atoms with Crippen LogP contribution in [0.3, 0.4) is 0 Å². The minimum absolute atomic E-state index is 0.100. The van der Waals surface area contributed by atoms with Crippen molar-refractivity contribution in [1.82, 2.24) is 0 Å². The fourth-order valence-electron chi connectivity index (χ4n) is 2.87. The van der Waals surface area contributed by atoms with E-state index >= 15 is 0 Å². The Hall–Kier alpha value is -1.86. The molecule has 4 nitrogen and oxygen atoms in total. The van der Waals surface area contributed by atoms with Crippen LogP contribution in [0.4, 0.5) is 5.69 Å². The average Bonchev–Trinajstić information content (AvgIpc) is 2.39. The minimum atomic E-state index is -0.376. The predicted octanol–water partition coefficient (Wildman–Crippen LogP) is 2.86. The van der Waals surface area contributed by atoms with Crippen LogP contribution in [0.1, 0.15) is 49.7 Å². The van der Waals surface area contributed by atoms with Crippen LogP contribution in [0.25, 0.3) is 0 Å². The molecule has 0 spiro atoms. The molecule has 1 aliphatic carbocycles. The quantitative estimate of drug-likeness (QED) is 0.887. The molecule has 1 aromatic rings. The third-order valence-electron chi connectivity index (χ3n) is 4.02. The van der Waals surface area contributed by atoms with Crippen LogP contribution >= 0.6 is 0 Å². The van der Waals surface area contributed by atoms with E-state index in [4.69, 9.17) is 11.0 Å². The van der Waals surface area contributed by atoms with E-state index in [1.54, 1.807) is 6.07 Å². The van der Waals surface area contributed by atoms with Crippen molar-refractivity contribution < 1.29 is 4.79 Å². The number of hydrogen-bond donors (Lipinski definition) is 2. The topological polar surface area (TPSA) is 78.9 Å². The summed E-state index contributed by atoms with van der Waals surface area (Å²) in [5.41, 5.74) is 7.88. The number of hydrogen-bond acceptors (Lipinski definition) is 3. The highest BCUT2D eigenvalue weighted by atomic mass is 16.1. The summed E-state index contributed by atoms with van der Waals surface area (Å²) in [6.45, 7) is 1.86. The van der Waals surface area contributed by atoms with Crippen molar-refractivity contribution in [3.8, 4) is 6.07 Å². The van der Waals surface area contributed by atoms with Gasteiger partial charge in [0, 0.05) is 12.0 Å². The number of anilines is 1. The maximum absolute atomic E-state index is 12.2. The Kier molecular flexibility index (Phi) is 4.41. The lowest BCUT2D eigenvalue weighted by Crippen LogP contribution is -2.44. The smallest absolute Gasteiger partial charge is 0.226 e. The van der Waals surface area contributed by atoms with Gasteiger partial charge in [0.1, 0.15) is 6.07 Å². The van der Waals surface area contributed by atoms with Gasteiger partial charge in [-0.05, 0) is 31.4 Å². The maximum atomic E-state index is 12.2. The number of carbonyl (C=O) groups excluding carboxylic acids is 1. The van der Waals surface area contributed by atoms with Gasteiger partial charge in [0.2, 0.25) is 5.91 Å². The maximum Gasteiger partial charge on any atom is 0.226 e. The van der Waals surface area contributed by atoms with E-state index in [2.05, 4.69) is 11.4 Å². The molecular weight excluding hydrogens is 250 g/mol. The summed E-state index contributed by atoms with van der Waals surface area (Å²) in [6, 6.07) is 7.59. The fraction of sp³-hybridized carbons (Fsp3) is 0.500. The summed E-state index contributed by atoms with van der Waals surface area (Å²) in [5, 5.41) is 12.0. The van der Waals surface area contributed by atoms with E-state index in [0.717, 1.165) is 31.2 Å². The van der Waals surface area contributed by atoms with Gasteiger partial charge in [-0.25, -0.2) is 0 Å². The Bertz CT molecular complexity index is 539. The van der Waals surface area contributed by atoms with Crippen LogP contribution < -0.4 is 11.1 Å². The van der Waals surface area contributed by atoms with Crippen molar-refractivity contribution >= 4 is 11.6 Å². The summed E-state index contributed by atoms with van der Waals surface area (Å²) in [7, 11) is 0. The standard InChI is InChI=1S/C16H21N3O/c1-12-6-5-7-14(13(12)11-17)19-15(20)10-16(18)8-3-2-4-9-16/h5-7H,2-4,8-10,18H2,1H3,(H,19,20). The van der Waals surface area contributed by atoms with Crippen molar-refractivity contribution in [3.63, 3.8) is 0 Å². The highest BCUT2D eigenvalue weighted by Crippen LogP contribution is 2.29. The van der Waals surface area contributed by atoms with Crippen LogP contribution in [0.15, 0.2) is 18.2 Å². The normalized spacial score (nSPS) is 17.2. The number of benzene rings is 1. The highest BCUT2D eigenvalue weighted by Gasteiger charge is 2.30. The van der Waals surface area contributed by atoms with Gasteiger partial charge in [0.05, 0.1) is 11.3 Å².